The number of aromatic nitrogens is 6. The Kier molecular flexibility index (Phi) is 7.82. The Morgan fingerprint density at radius 1 is 0.868 bits per heavy atom. The van der Waals surface area contributed by atoms with Crippen LogP contribution in [0, 0.1) is 0 Å². The maximum atomic E-state index is 6.14. The van der Waals surface area contributed by atoms with Gasteiger partial charge in [-0.15, -0.1) is 22.6 Å². The highest BCUT2D eigenvalue weighted by molar-refractivity contribution is 6.31. The highest BCUT2D eigenvalue weighted by Gasteiger charge is 2.09. The molecule has 3 heterocycles. The lowest BCUT2D eigenvalue weighted by atomic mass is 10.0. The Bertz CT molecular complexity index is 1710. The number of nitrogens with one attached hydrogen (secondary N) is 1. The summed E-state index contributed by atoms with van der Waals surface area (Å²) < 4.78 is 2.34. The smallest absolute Gasteiger partial charge is 0.174 e. The van der Waals surface area contributed by atoms with E-state index in [-0.39, 0.29) is 12.4 Å². The Morgan fingerprint density at radius 2 is 1.76 bits per heavy atom. The van der Waals surface area contributed by atoms with Crippen molar-refractivity contribution in [2.45, 2.75) is 25.8 Å². The van der Waals surface area contributed by atoms with Crippen LogP contribution in [0.25, 0.3) is 34.0 Å². The van der Waals surface area contributed by atoms with Crippen LogP contribution in [-0.4, -0.2) is 30.2 Å². The van der Waals surface area contributed by atoms with Crippen molar-refractivity contribution < 1.29 is 0 Å². The molecule has 8 heteroatoms. The molecule has 1 N–H and O–H groups in total. The van der Waals surface area contributed by atoms with Gasteiger partial charge in [-0.1, -0.05) is 71.4 Å². The summed E-state index contributed by atoms with van der Waals surface area (Å²) >= 11 is 6.14. The number of rotatable bonds is 8. The Hall–Kier alpha value is -4.00. The summed E-state index contributed by atoms with van der Waals surface area (Å²) in [6.07, 6.45) is 9.08. The van der Waals surface area contributed by atoms with E-state index in [1.165, 1.54) is 22.0 Å². The molecule has 3 aromatic carbocycles. The Balaban J connectivity index is 0.00000294. The SMILES string of the molecule is Cl.Clc1ccc2ccc(/C=C/c3cccc(Cn4ccc5cccc(CCCc6nn[nH]n6)c54)c3)nc2c1. The highest BCUT2D eigenvalue weighted by Crippen LogP contribution is 2.24. The van der Waals surface area contributed by atoms with Gasteiger partial charge in [-0.25, -0.2) is 4.98 Å². The molecule has 0 bridgehead atoms. The molecule has 0 unspecified atom stereocenters. The highest BCUT2D eigenvalue weighted by atomic mass is 35.5. The third-order valence-corrected chi connectivity index (χ3v) is 6.77. The van der Waals surface area contributed by atoms with Crippen LogP contribution in [0.2, 0.25) is 5.02 Å². The van der Waals surface area contributed by atoms with Gasteiger partial charge in [0.25, 0.3) is 0 Å². The van der Waals surface area contributed by atoms with Gasteiger partial charge in [0.05, 0.1) is 16.7 Å². The van der Waals surface area contributed by atoms with Crippen molar-refractivity contribution in [1.29, 1.82) is 0 Å². The minimum absolute atomic E-state index is 0. The summed E-state index contributed by atoms with van der Waals surface area (Å²) in [4.78, 5) is 4.73. The molecule has 0 aliphatic rings. The maximum Gasteiger partial charge on any atom is 0.174 e. The van der Waals surface area contributed by atoms with Gasteiger partial charge in [0.1, 0.15) is 0 Å². The molecule has 0 fully saturated rings. The lowest BCUT2D eigenvalue weighted by Crippen LogP contribution is -2.01. The zero-order valence-corrected chi connectivity index (χ0v) is 22.2. The molecule has 0 radical (unpaired) electrons. The van der Waals surface area contributed by atoms with Crippen LogP contribution in [0.3, 0.4) is 0 Å². The summed E-state index contributed by atoms with van der Waals surface area (Å²) in [7, 11) is 0. The van der Waals surface area contributed by atoms with Crippen LogP contribution in [-0.2, 0) is 19.4 Å². The van der Waals surface area contributed by atoms with Gasteiger partial charge in [-0.2, -0.15) is 5.21 Å². The first kappa shape index (κ1) is 25.6. The van der Waals surface area contributed by atoms with E-state index in [0.717, 1.165) is 53.8 Å². The molecule has 3 aromatic heterocycles. The van der Waals surface area contributed by atoms with Crippen molar-refractivity contribution in [3.8, 4) is 0 Å². The number of nitrogens with zero attached hydrogens (tertiary/aromatic N) is 5. The maximum absolute atomic E-state index is 6.14. The van der Waals surface area contributed by atoms with Crippen molar-refractivity contribution in [3.05, 3.63) is 118 Å². The van der Waals surface area contributed by atoms with E-state index < -0.39 is 0 Å². The average molecular weight is 541 g/mol. The molecule has 0 atom stereocenters. The lowest BCUT2D eigenvalue weighted by molar-refractivity contribution is 0.767. The molecule has 0 saturated carbocycles. The summed E-state index contributed by atoms with van der Waals surface area (Å²) in [6, 6.07) is 27.3. The number of benzene rings is 3. The first-order valence-corrected chi connectivity index (χ1v) is 12.7. The number of aryl methyl sites for hydroxylation is 2. The molecule has 6 rings (SSSR count). The second-order valence-corrected chi connectivity index (χ2v) is 9.57. The predicted octanol–water partition coefficient (Wildman–Crippen LogP) is 7.17. The second kappa shape index (κ2) is 11.6. The largest absolute Gasteiger partial charge is 0.343 e. The zero-order valence-electron chi connectivity index (χ0n) is 20.6. The number of hydrogen-bond acceptors (Lipinski definition) is 4. The standard InChI is InChI=1S/C30H25ClN6.ClH/c31-26-13-11-23-12-15-27(32-28(23)19-26)14-10-21-4-1-5-22(18-21)20-37-17-16-25-7-2-6-24(30(25)37)8-3-9-29-33-35-36-34-29;/h1-2,4-7,10-19H,3,8-9,20H2,(H,33,34,35,36);1H/b14-10+;. The fourth-order valence-corrected chi connectivity index (χ4v) is 4.94. The van der Waals surface area contributed by atoms with Gasteiger partial charge in [-0.3, -0.25) is 0 Å². The van der Waals surface area contributed by atoms with E-state index in [0.29, 0.717) is 5.02 Å². The van der Waals surface area contributed by atoms with E-state index in [1.807, 2.05) is 30.3 Å². The number of halogens is 2. The number of hydrogen-bond donors (Lipinski definition) is 1. The third kappa shape index (κ3) is 5.77. The van der Waals surface area contributed by atoms with Crippen molar-refractivity contribution in [1.82, 2.24) is 30.2 Å². The molecule has 0 saturated heterocycles. The van der Waals surface area contributed by atoms with Gasteiger partial charge in [0.2, 0.25) is 0 Å². The van der Waals surface area contributed by atoms with E-state index >= 15 is 0 Å². The fraction of sp³-hybridized carbons (Fsp3) is 0.133. The van der Waals surface area contributed by atoms with Crippen LogP contribution in [0.5, 0.6) is 0 Å². The van der Waals surface area contributed by atoms with E-state index in [9.17, 15) is 0 Å². The van der Waals surface area contributed by atoms with Gasteiger partial charge in [0.15, 0.2) is 5.82 Å². The van der Waals surface area contributed by atoms with Crippen molar-refractivity contribution >= 4 is 58.0 Å². The number of H-pyrrole nitrogens is 1. The van der Waals surface area contributed by atoms with Crippen molar-refractivity contribution in [3.63, 3.8) is 0 Å². The number of para-hydroxylation sites is 1. The Labute approximate surface area is 231 Å². The number of fused-ring (bicyclic) bond motifs is 2. The molecule has 0 amide bonds. The minimum atomic E-state index is 0. The zero-order chi connectivity index (χ0) is 25.0. The summed E-state index contributed by atoms with van der Waals surface area (Å²) in [6.45, 7) is 0.805. The van der Waals surface area contributed by atoms with Gasteiger partial charge in [-0.05, 0) is 71.3 Å². The van der Waals surface area contributed by atoms with Crippen LogP contribution < -0.4 is 0 Å². The molecular formula is C30H26Cl2N6. The fourth-order valence-electron chi connectivity index (χ4n) is 4.77. The van der Waals surface area contributed by atoms with Crippen LogP contribution in [0.1, 0.15) is 34.6 Å². The van der Waals surface area contributed by atoms with E-state index in [2.05, 4.69) is 92.1 Å². The minimum Gasteiger partial charge on any atom is -0.343 e. The Morgan fingerprint density at radius 3 is 2.66 bits per heavy atom. The van der Waals surface area contributed by atoms with Crippen LogP contribution in [0.4, 0.5) is 0 Å². The van der Waals surface area contributed by atoms with Crippen molar-refractivity contribution in [2.75, 3.05) is 0 Å². The molecule has 0 aliphatic carbocycles. The number of tetrazole rings is 1. The third-order valence-electron chi connectivity index (χ3n) is 6.53. The summed E-state index contributed by atoms with van der Waals surface area (Å²) in [5.74, 6) is 0.759. The van der Waals surface area contributed by atoms with E-state index in [4.69, 9.17) is 16.6 Å². The first-order valence-electron chi connectivity index (χ1n) is 12.3. The van der Waals surface area contributed by atoms with Gasteiger partial charge < -0.3 is 4.57 Å². The van der Waals surface area contributed by atoms with E-state index in [1.54, 1.807) is 0 Å². The number of pyridine rings is 1. The summed E-state index contributed by atoms with van der Waals surface area (Å²) in [5, 5.41) is 17.3. The lowest BCUT2D eigenvalue weighted by Gasteiger charge is -2.11. The van der Waals surface area contributed by atoms with Gasteiger partial charge >= 0.3 is 0 Å². The summed E-state index contributed by atoms with van der Waals surface area (Å²) in [5.41, 5.74) is 6.82. The quantitative estimate of drug-likeness (QED) is 0.222. The first-order chi connectivity index (χ1) is 18.2. The monoisotopic (exact) mass is 540 g/mol. The predicted molar refractivity (Wildman–Crippen MR) is 157 cm³/mol. The van der Waals surface area contributed by atoms with Crippen molar-refractivity contribution in [2.24, 2.45) is 0 Å². The van der Waals surface area contributed by atoms with Gasteiger partial charge in [0, 0.05) is 29.6 Å². The molecule has 0 spiro atoms. The molecule has 190 valence electrons. The second-order valence-electron chi connectivity index (χ2n) is 9.13. The molecule has 0 aliphatic heterocycles. The normalized spacial score (nSPS) is 11.4. The topological polar surface area (TPSA) is 72.3 Å². The molecule has 6 nitrogen and oxygen atoms in total. The molecule has 38 heavy (non-hydrogen) atoms. The average Bonchev–Trinajstić information content (AvgIpc) is 3.58. The van der Waals surface area contributed by atoms with Crippen LogP contribution >= 0.6 is 24.0 Å². The van der Waals surface area contributed by atoms with Crippen LogP contribution in [0.15, 0.2) is 85.1 Å². The number of aromatic amines is 1. The molecule has 6 aromatic rings. The molecular weight excluding hydrogens is 515 g/mol.